The second kappa shape index (κ2) is 8.15. The van der Waals surface area contributed by atoms with E-state index in [2.05, 4.69) is 39.6 Å². The van der Waals surface area contributed by atoms with Gasteiger partial charge in [0.25, 0.3) is 5.91 Å². The van der Waals surface area contributed by atoms with E-state index in [-0.39, 0.29) is 5.91 Å². The van der Waals surface area contributed by atoms with Gasteiger partial charge in [0.15, 0.2) is 0 Å². The quantitative estimate of drug-likeness (QED) is 0.849. The Bertz CT molecular complexity index is 561. The molecule has 25 heavy (non-hydrogen) atoms. The Morgan fingerprint density at radius 1 is 1.36 bits per heavy atom. The van der Waals surface area contributed by atoms with Crippen LogP contribution in [-0.4, -0.2) is 49.8 Å². The van der Waals surface area contributed by atoms with E-state index in [0.29, 0.717) is 19.4 Å². The van der Waals surface area contributed by atoms with Gasteiger partial charge in [-0.05, 0) is 56.3 Å². The van der Waals surface area contributed by atoms with E-state index in [1.54, 1.807) is 7.11 Å². The van der Waals surface area contributed by atoms with Gasteiger partial charge in [-0.3, -0.25) is 4.79 Å². The topological polar surface area (TPSA) is 66.5 Å². The first-order chi connectivity index (χ1) is 12.1. The number of amides is 1. The molecule has 0 radical (unpaired) electrons. The molecule has 0 aromatic carbocycles. The molecule has 1 amide bonds. The number of ether oxygens (including phenoxy) is 1. The summed E-state index contributed by atoms with van der Waals surface area (Å²) in [6, 6.07) is 4.12. The van der Waals surface area contributed by atoms with Crippen LogP contribution in [-0.2, 0) is 16.1 Å². The normalized spacial score (nSPS) is 21.1. The molecule has 2 saturated heterocycles. The Hall–Kier alpha value is -1.66. The molecule has 0 atom stereocenters. The summed E-state index contributed by atoms with van der Waals surface area (Å²) >= 11 is 0. The van der Waals surface area contributed by atoms with Crippen LogP contribution in [0.1, 0.15) is 38.2 Å². The van der Waals surface area contributed by atoms with Crippen LogP contribution in [0.5, 0.6) is 0 Å². The molecule has 0 aliphatic carbocycles. The summed E-state index contributed by atoms with van der Waals surface area (Å²) in [6.07, 6.45) is 5.75. The summed E-state index contributed by atoms with van der Waals surface area (Å²) in [4.78, 5) is 19.5. The maximum absolute atomic E-state index is 12.6. The second-order valence-electron chi connectivity index (χ2n) is 7.33. The van der Waals surface area contributed by atoms with Gasteiger partial charge in [-0.25, -0.2) is 4.98 Å². The van der Waals surface area contributed by atoms with Gasteiger partial charge in [-0.1, -0.05) is 13.0 Å². The summed E-state index contributed by atoms with van der Waals surface area (Å²) in [5.41, 5.74) is 0.325. The molecule has 0 bridgehead atoms. The lowest BCUT2D eigenvalue weighted by molar-refractivity contribution is -0.146. The number of anilines is 1. The van der Waals surface area contributed by atoms with Gasteiger partial charge >= 0.3 is 0 Å². The molecule has 0 saturated carbocycles. The second-order valence-corrected chi connectivity index (χ2v) is 7.33. The van der Waals surface area contributed by atoms with Gasteiger partial charge in [-0.2, -0.15) is 0 Å². The molecule has 0 spiro atoms. The Labute approximate surface area is 150 Å². The van der Waals surface area contributed by atoms with E-state index in [0.717, 1.165) is 43.5 Å². The van der Waals surface area contributed by atoms with Crippen LogP contribution < -0.4 is 15.5 Å². The van der Waals surface area contributed by atoms with Crippen molar-refractivity contribution in [3.05, 3.63) is 23.9 Å². The molecule has 1 aromatic rings. The minimum atomic E-state index is -0.691. The highest BCUT2D eigenvalue weighted by atomic mass is 16.5. The van der Waals surface area contributed by atoms with Crippen LogP contribution in [0.15, 0.2) is 18.3 Å². The lowest BCUT2D eigenvalue weighted by Crippen LogP contribution is -2.53. The number of pyridine rings is 1. The summed E-state index contributed by atoms with van der Waals surface area (Å²) in [7, 11) is 1.63. The lowest BCUT2D eigenvalue weighted by atomic mass is 9.91. The van der Waals surface area contributed by atoms with Crippen molar-refractivity contribution in [2.24, 2.45) is 5.92 Å². The van der Waals surface area contributed by atoms with Crippen LogP contribution in [0.4, 0.5) is 5.82 Å². The van der Waals surface area contributed by atoms with Gasteiger partial charge < -0.3 is 20.3 Å². The number of rotatable bonds is 5. The van der Waals surface area contributed by atoms with Gasteiger partial charge in [0.2, 0.25) is 0 Å². The Kier molecular flexibility index (Phi) is 5.91. The van der Waals surface area contributed by atoms with Crippen molar-refractivity contribution < 1.29 is 9.53 Å². The average molecular weight is 346 g/mol. The molecule has 2 fully saturated rings. The molecule has 3 heterocycles. The predicted octanol–water partition coefficient (Wildman–Crippen LogP) is 1.70. The highest BCUT2D eigenvalue weighted by molar-refractivity contribution is 5.85. The fraction of sp³-hybridized carbons (Fsp3) is 0.684. The highest BCUT2D eigenvalue weighted by Gasteiger charge is 2.39. The number of carbonyl (C=O) groups is 1. The van der Waals surface area contributed by atoms with Crippen LogP contribution in [0, 0.1) is 5.92 Å². The molecular formula is C19H30N4O2. The number of carbonyl (C=O) groups excluding carboxylic acids is 1. The highest BCUT2D eigenvalue weighted by Crippen LogP contribution is 2.23. The molecule has 1 aromatic heterocycles. The average Bonchev–Trinajstić information content (AvgIpc) is 2.67. The number of nitrogens with one attached hydrogen (secondary N) is 2. The number of nitrogens with zero attached hydrogens (tertiary/aromatic N) is 2. The Morgan fingerprint density at radius 2 is 2.08 bits per heavy atom. The summed E-state index contributed by atoms with van der Waals surface area (Å²) in [5, 5.41) is 6.29. The standard InChI is InChI=1S/C19H30N4O2/c1-15-5-11-23(12-6-15)17-4-3-16(13-21-17)14-22-18(24)19(25-2)7-9-20-10-8-19/h3-4,13,15,20H,5-12,14H2,1-2H3,(H,22,24). The largest absolute Gasteiger partial charge is 0.368 e. The number of hydrogen-bond donors (Lipinski definition) is 2. The number of aromatic nitrogens is 1. The van der Waals surface area contributed by atoms with Crippen LogP contribution in [0.25, 0.3) is 0 Å². The summed E-state index contributed by atoms with van der Waals surface area (Å²) in [5.74, 6) is 1.83. The molecule has 2 aliphatic rings. The van der Waals surface area contributed by atoms with E-state index in [9.17, 15) is 4.79 Å². The van der Waals surface area contributed by atoms with Crippen LogP contribution in [0.3, 0.4) is 0 Å². The fourth-order valence-electron chi connectivity index (χ4n) is 3.64. The zero-order valence-corrected chi connectivity index (χ0v) is 15.4. The SMILES string of the molecule is COC1(C(=O)NCc2ccc(N3CCC(C)CC3)nc2)CCNCC1. The molecule has 6 heteroatoms. The monoisotopic (exact) mass is 346 g/mol. The van der Waals surface area contributed by atoms with Gasteiger partial charge in [0.1, 0.15) is 11.4 Å². The van der Waals surface area contributed by atoms with E-state index < -0.39 is 5.60 Å². The minimum absolute atomic E-state index is 0.0226. The fourth-order valence-corrected chi connectivity index (χ4v) is 3.64. The first-order valence-electron chi connectivity index (χ1n) is 9.37. The van der Waals surface area contributed by atoms with Gasteiger partial charge in [0.05, 0.1) is 0 Å². The molecular weight excluding hydrogens is 316 g/mol. The Balaban J connectivity index is 1.54. The smallest absolute Gasteiger partial charge is 0.252 e. The van der Waals surface area contributed by atoms with E-state index >= 15 is 0 Å². The summed E-state index contributed by atoms with van der Waals surface area (Å²) in [6.45, 7) is 6.58. The number of hydrogen-bond acceptors (Lipinski definition) is 5. The lowest BCUT2D eigenvalue weighted by Gasteiger charge is -2.34. The molecule has 2 N–H and O–H groups in total. The van der Waals surface area contributed by atoms with Crippen molar-refractivity contribution in [3.8, 4) is 0 Å². The number of piperidine rings is 2. The van der Waals surface area contributed by atoms with E-state index in [1.807, 2.05) is 6.20 Å². The maximum atomic E-state index is 12.6. The third kappa shape index (κ3) is 4.30. The van der Waals surface area contributed by atoms with Crippen molar-refractivity contribution in [1.82, 2.24) is 15.6 Å². The third-order valence-corrected chi connectivity index (χ3v) is 5.59. The van der Waals surface area contributed by atoms with E-state index in [4.69, 9.17) is 4.74 Å². The molecule has 2 aliphatic heterocycles. The van der Waals surface area contributed by atoms with Crippen molar-refractivity contribution in [2.75, 3.05) is 38.2 Å². The zero-order valence-electron chi connectivity index (χ0n) is 15.4. The first kappa shape index (κ1) is 18.1. The van der Waals surface area contributed by atoms with Crippen molar-refractivity contribution in [1.29, 1.82) is 0 Å². The maximum Gasteiger partial charge on any atom is 0.252 e. The van der Waals surface area contributed by atoms with Crippen molar-refractivity contribution in [2.45, 2.75) is 44.8 Å². The molecule has 0 unspecified atom stereocenters. The molecule has 138 valence electrons. The van der Waals surface area contributed by atoms with Crippen LogP contribution in [0.2, 0.25) is 0 Å². The van der Waals surface area contributed by atoms with Crippen LogP contribution >= 0.6 is 0 Å². The third-order valence-electron chi connectivity index (χ3n) is 5.59. The van der Waals surface area contributed by atoms with Gasteiger partial charge in [-0.15, -0.1) is 0 Å². The van der Waals surface area contributed by atoms with Gasteiger partial charge in [0, 0.05) is 32.9 Å². The zero-order chi connectivity index (χ0) is 17.7. The van der Waals surface area contributed by atoms with E-state index in [1.165, 1.54) is 12.8 Å². The molecule has 6 nitrogen and oxygen atoms in total. The Morgan fingerprint density at radius 3 is 2.68 bits per heavy atom. The first-order valence-corrected chi connectivity index (χ1v) is 9.37. The minimum Gasteiger partial charge on any atom is -0.368 e. The van der Waals surface area contributed by atoms with Crippen molar-refractivity contribution in [3.63, 3.8) is 0 Å². The summed E-state index contributed by atoms with van der Waals surface area (Å²) < 4.78 is 5.56. The number of methoxy groups -OCH3 is 1. The van der Waals surface area contributed by atoms with Crippen molar-refractivity contribution >= 4 is 11.7 Å². The molecule has 3 rings (SSSR count). The predicted molar refractivity (Wildman–Crippen MR) is 98.5 cm³/mol.